The minimum Gasteiger partial charge on any atom is -0.382 e. The second kappa shape index (κ2) is 5.18. The van der Waals surface area contributed by atoms with Crippen molar-refractivity contribution in [3.05, 3.63) is 24.0 Å². The van der Waals surface area contributed by atoms with E-state index in [1.165, 1.54) is 19.3 Å². The van der Waals surface area contributed by atoms with Gasteiger partial charge in [0.1, 0.15) is 11.8 Å². The van der Waals surface area contributed by atoms with E-state index in [1.807, 2.05) is 12.1 Å². The zero-order valence-corrected chi connectivity index (χ0v) is 10.5. The van der Waals surface area contributed by atoms with Gasteiger partial charge in [-0.3, -0.25) is 0 Å². The first-order chi connectivity index (χ1) is 8.19. The van der Waals surface area contributed by atoms with Crippen molar-refractivity contribution in [2.45, 2.75) is 39.2 Å². The molecule has 0 aliphatic heterocycles. The van der Waals surface area contributed by atoms with Crippen LogP contribution in [0.25, 0.3) is 0 Å². The van der Waals surface area contributed by atoms with Crippen molar-refractivity contribution in [2.75, 3.05) is 5.32 Å². The molecule has 0 radical (unpaired) electrons. The van der Waals surface area contributed by atoms with Gasteiger partial charge in [0.15, 0.2) is 0 Å². The van der Waals surface area contributed by atoms with E-state index >= 15 is 0 Å². The Labute approximate surface area is 103 Å². The van der Waals surface area contributed by atoms with Crippen molar-refractivity contribution in [2.24, 2.45) is 11.8 Å². The Morgan fingerprint density at radius 1 is 1.41 bits per heavy atom. The zero-order valence-electron chi connectivity index (χ0n) is 10.5. The lowest BCUT2D eigenvalue weighted by molar-refractivity contribution is 0.276. The number of hydrogen-bond donors (Lipinski definition) is 1. The average molecular weight is 229 g/mol. The zero-order chi connectivity index (χ0) is 12.3. The lowest BCUT2D eigenvalue weighted by Gasteiger charge is -2.33. The van der Waals surface area contributed by atoms with E-state index in [-0.39, 0.29) is 0 Å². The molecule has 17 heavy (non-hydrogen) atoms. The Morgan fingerprint density at radius 3 is 2.94 bits per heavy atom. The van der Waals surface area contributed by atoms with Gasteiger partial charge < -0.3 is 5.32 Å². The van der Waals surface area contributed by atoms with Gasteiger partial charge in [0.05, 0.1) is 0 Å². The highest BCUT2D eigenvalue weighted by atomic mass is 14.9. The van der Waals surface area contributed by atoms with Gasteiger partial charge in [-0.2, -0.15) is 5.26 Å². The molecule has 90 valence electrons. The number of nitrogens with one attached hydrogen (secondary N) is 1. The summed E-state index contributed by atoms with van der Waals surface area (Å²) in [5.74, 6) is 1.53. The number of hydrogen-bond acceptors (Lipinski definition) is 3. The summed E-state index contributed by atoms with van der Waals surface area (Å²) in [6.45, 7) is 4.63. The molecule has 0 spiro atoms. The Bertz CT molecular complexity index is 422. The first-order valence-corrected chi connectivity index (χ1v) is 6.31. The molecular formula is C14H19N3. The molecule has 3 unspecified atom stereocenters. The molecule has 0 amide bonds. The van der Waals surface area contributed by atoms with Crippen molar-refractivity contribution >= 4 is 5.69 Å². The molecule has 3 atom stereocenters. The van der Waals surface area contributed by atoms with Crippen LogP contribution in [-0.2, 0) is 0 Å². The van der Waals surface area contributed by atoms with Gasteiger partial charge in [0, 0.05) is 17.9 Å². The molecule has 1 aliphatic rings. The molecule has 1 aliphatic carbocycles. The Kier molecular flexibility index (Phi) is 3.63. The molecule has 3 heteroatoms. The highest BCUT2D eigenvalue weighted by Gasteiger charge is 2.24. The summed E-state index contributed by atoms with van der Waals surface area (Å²) >= 11 is 0. The monoisotopic (exact) mass is 229 g/mol. The summed E-state index contributed by atoms with van der Waals surface area (Å²) < 4.78 is 0. The number of aromatic nitrogens is 1. The van der Waals surface area contributed by atoms with Gasteiger partial charge >= 0.3 is 0 Å². The van der Waals surface area contributed by atoms with Crippen LogP contribution in [0, 0.1) is 23.2 Å². The number of pyridine rings is 1. The van der Waals surface area contributed by atoms with E-state index in [0.717, 1.165) is 11.6 Å². The standard InChI is InChI=1S/C14H19N3/c1-10-3-4-14(11(2)7-10)17-12-5-6-16-13(8-12)9-15/h5-6,8,10-11,14H,3-4,7H2,1-2H3,(H,16,17). The average Bonchev–Trinajstić information content (AvgIpc) is 2.33. The van der Waals surface area contributed by atoms with Gasteiger partial charge in [0.25, 0.3) is 0 Å². The van der Waals surface area contributed by atoms with Crippen LogP contribution in [-0.4, -0.2) is 11.0 Å². The largest absolute Gasteiger partial charge is 0.382 e. The van der Waals surface area contributed by atoms with Crippen molar-refractivity contribution in [3.8, 4) is 6.07 Å². The molecule has 1 heterocycles. The highest BCUT2D eigenvalue weighted by molar-refractivity contribution is 5.46. The maximum Gasteiger partial charge on any atom is 0.142 e. The van der Waals surface area contributed by atoms with Gasteiger partial charge in [-0.1, -0.05) is 13.8 Å². The maximum absolute atomic E-state index is 8.81. The molecule has 0 saturated heterocycles. The topological polar surface area (TPSA) is 48.7 Å². The molecule has 1 saturated carbocycles. The van der Waals surface area contributed by atoms with E-state index < -0.39 is 0 Å². The predicted octanol–water partition coefficient (Wildman–Crippen LogP) is 3.19. The molecule has 1 aromatic heterocycles. The number of nitriles is 1. The van der Waals surface area contributed by atoms with Gasteiger partial charge in [0.2, 0.25) is 0 Å². The van der Waals surface area contributed by atoms with Crippen molar-refractivity contribution in [1.29, 1.82) is 5.26 Å². The smallest absolute Gasteiger partial charge is 0.142 e. The molecular weight excluding hydrogens is 210 g/mol. The number of anilines is 1. The molecule has 2 rings (SSSR count). The maximum atomic E-state index is 8.81. The molecule has 1 fully saturated rings. The summed E-state index contributed by atoms with van der Waals surface area (Å²) in [4.78, 5) is 3.98. The molecule has 0 bridgehead atoms. The van der Waals surface area contributed by atoms with Gasteiger partial charge in [-0.15, -0.1) is 0 Å². The minimum absolute atomic E-state index is 0.479. The fourth-order valence-corrected chi connectivity index (χ4v) is 2.68. The summed E-state index contributed by atoms with van der Waals surface area (Å²) in [6.07, 6.45) is 5.48. The minimum atomic E-state index is 0.479. The Balaban J connectivity index is 2.03. The number of rotatable bonds is 2. The molecule has 1 aromatic rings. The number of nitrogens with zero attached hydrogens (tertiary/aromatic N) is 2. The van der Waals surface area contributed by atoms with Crippen LogP contribution in [0.4, 0.5) is 5.69 Å². The third-order valence-electron chi connectivity index (χ3n) is 3.66. The van der Waals surface area contributed by atoms with E-state index in [2.05, 4.69) is 30.2 Å². The normalized spacial score (nSPS) is 28.4. The van der Waals surface area contributed by atoms with Crippen LogP contribution < -0.4 is 5.32 Å². The fourth-order valence-electron chi connectivity index (χ4n) is 2.68. The first kappa shape index (κ1) is 11.9. The predicted molar refractivity (Wildman–Crippen MR) is 68.5 cm³/mol. The van der Waals surface area contributed by atoms with Crippen LogP contribution in [0.3, 0.4) is 0 Å². The summed E-state index contributed by atoms with van der Waals surface area (Å²) in [5.41, 5.74) is 1.50. The lowest BCUT2D eigenvalue weighted by Crippen LogP contribution is -2.33. The van der Waals surface area contributed by atoms with E-state index in [9.17, 15) is 0 Å². The van der Waals surface area contributed by atoms with Gasteiger partial charge in [-0.25, -0.2) is 4.98 Å². The van der Waals surface area contributed by atoms with Crippen LogP contribution in [0.15, 0.2) is 18.3 Å². The highest BCUT2D eigenvalue weighted by Crippen LogP contribution is 2.30. The molecule has 0 aromatic carbocycles. The quantitative estimate of drug-likeness (QED) is 0.847. The second-order valence-electron chi connectivity index (χ2n) is 5.19. The fraction of sp³-hybridized carbons (Fsp3) is 0.571. The van der Waals surface area contributed by atoms with Crippen LogP contribution in [0.5, 0.6) is 0 Å². The van der Waals surface area contributed by atoms with Gasteiger partial charge in [-0.05, 0) is 43.2 Å². The summed E-state index contributed by atoms with van der Waals surface area (Å²) in [5, 5.41) is 12.3. The van der Waals surface area contributed by atoms with Crippen molar-refractivity contribution in [3.63, 3.8) is 0 Å². The third-order valence-corrected chi connectivity index (χ3v) is 3.66. The Morgan fingerprint density at radius 2 is 2.24 bits per heavy atom. The van der Waals surface area contributed by atoms with Crippen molar-refractivity contribution in [1.82, 2.24) is 4.98 Å². The van der Waals surface area contributed by atoms with E-state index in [0.29, 0.717) is 17.7 Å². The molecule has 3 nitrogen and oxygen atoms in total. The molecule has 1 N–H and O–H groups in total. The lowest BCUT2D eigenvalue weighted by atomic mass is 9.80. The van der Waals surface area contributed by atoms with Crippen LogP contribution in [0.1, 0.15) is 38.8 Å². The third kappa shape index (κ3) is 2.97. The van der Waals surface area contributed by atoms with Crippen molar-refractivity contribution < 1.29 is 0 Å². The van der Waals surface area contributed by atoms with E-state index in [1.54, 1.807) is 6.20 Å². The van der Waals surface area contributed by atoms with E-state index in [4.69, 9.17) is 5.26 Å². The first-order valence-electron chi connectivity index (χ1n) is 6.31. The SMILES string of the molecule is CC1CCC(Nc2ccnc(C#N)c2)C(C)C1. The Hall–Kier alpha value is -1.56. The summed E-state index contributed by atoms with van der Waals surface area (Å²) in [7, 11) is 0. The van der Waals surface area contributed by atoms with Crippen LogP contribution >= 0.6 is 0 Å². The van der Waals surface area contributed by atoms with Crippen LogP contribution in [0.2, 0.25) is 0 Å². The summed E-state index contributed by atoms with van der Waals surface area (Å²) in [6, 6.07) is 6.36. The second-order valence-corrected chi connectivity index (χ2v) is 5.19.